The van der Waals surface area contributed by atoms with E-state index in [0.29, 0.717) is 17.2 Å². The van der Waals surface area contributed by atoms with E-state index >= 15 is 0 Å². The van der Waals surface area contributed by atoms with Crippen molar-refractivity contribution in [3.63, 3.8) is 0 Å². The van der Waals surface area contributed by atoms with E-state index in [1.807, 2.05) is 18.2 Å². The Hall–Kier alpha value is -3.90. The van der Waals surface area contributed by atoms with Gasteiger partial charge in [0.25, 0.3) is 0 Å². The van der Waals surface area contributed by atoms with Crippen LogP contribution in [0.3, 0.4) is 0 Å². The molecule has 6 rings (SSSR count). The summed E-state index contributed by atoms with van der Waals surface area (Å²) >= 11 is 0. The molecular formula is C29H23NO5. The maximum Gasteiger partial charge on any atom is 0.241 e. The normalized spacial score (nSPS) is 24.5. The second-order valence-electron chi connectivity index (χ2n) is 9.65. The van der Waals surface area contributed by atoms with Gasteiger partial charge in [-0.1, -0.05) is 80.6 Å². The molecule has 35 heavy (non-hydrogen) atoms. The van der Waals surface area contributed by atoms with Crippen molar-refractivity contribution in [2.45, 2.75) is 31.5 Å². The van der Waals surface area contributed by atoms with Crippen molar-refractivity contribution >= 4 is 29.1 Å². The number of hydrogen-bond donors (Lipinski definition) is 0. The number of amides is 2. The van der Waals surface area contributed by atoms with Crippen molar-refractivity contribution in [3.8, 4) is 0 Å². The number of rotatable bonds is 3. The number of fused-ring (bicyclic) bond motifs is 3. The van der Waals surface area contributed by atoms with Crippen LogP contribution in [0.15, 0.2) is 78.9 Å². The highest BCUT2D eigenvalue weighted by atomic mass is 16.5. The fraction of sp³-hybridized carbons (Fsp3) is 0.241. The third kappa shape index (κ3) is 2.80. The van der Waals surface area contributed by atoms with Gasteiger partial charge in [0.1, 0.15) is 0 Å². The number of imide groups is 1. The van der Waals surface area contributed by atoms with E-state index in [0.717, 1.165) is 10.5 Å². The summed E-state index contributed by atoms with van der Waals surface area (Å²) in [6.45, 7) is 4.12. The minimum Gasteiger partial charge on any atom is -0.349 e. The summed E-state index contributed by atoms with van der Waals surface area (Å²) < 4.78 is 6.28. The van der Waals surface area contributed by atoms with Crippen molar-refractivity contribution < 1.29 is 23.9 Å². The molecule has 174 valence electrons. The lowest BCUT2D eigenvalue weighted by Crippen LogP contribution is -2.51. The van der Waals surface area contributed by atoms with Gasteiger partial charge in [-0.05, 0) is 29.2 Å². The van der Waals surface area contributed by atoms with E-state index in [4.69, 9.17) is 4.74 Å². The summed E-state index contributed by atoms with van der Waals surface area (Å²) in [4.78, 5) is 56.4. The molecule has 0 aromatic heterocycles. The van der Waals surface area contributed by atoms with Crippen LogP contribution in [-0.2, 0) is 14.3 Å². The fourth-order valence-electron chi connectivity index (χ4n) is 5.72. The predicted octanol–water partition coefficient (Wildman–Crippen LogP) is 4.51. The molecule has 3 atom stereocenters. The molecule has 6 nitrogen and oxygen atoms in total. The fourth-order valence-corrected chi connectivity index (χ4v) is 5.72. The molecule has 0 N–H and O–H groups in total. The zero-order chi connectivity index (χ0) is 24.5. The minimum absolute atomic E-state index is 0.227. The Labute approximate surface area is 202 Å². The molecule has 3 aromatic carbocycles. The van der Waals surface area contributed by atoms with E-state index < -0.39 is 46.9 Å². The van der Waals surface area contributed by atoms with Gasteiger partial charge in [0.2, 0.25) is 29.0 Å². The third-order valence-electron chi connectivity index (χ3n) is 7.47. The van der Waals surface area contributed by atoms with Crippen LogP contribution in [0.5, 0.6) is 0 Å². The van der Waals surface area contributed by atoms with E-state index in [-0.39, 0.29) is 11.1 Å². The number of benzene rings is 3. The lowest BCUT2D eigenvalue weighted by Gasteiger charge is -2.27. The van der Waals surface area contributed by atoms with Gasteiger partial charge in [-0.3, -0.25) is 19.2 Å². The second kappa shape index (κ2) is 7.55. The van der Waals surface area contributed by atoms with E-state index in [9.17, 15) is 19.2 Å². The Morgan fingerprint density at radius 2 is 1.31 bits per heavy atom. The number of carbonyl (C=O) groups is 4. The summed E-state index contributed by atoms with van der Waals surface area (Å²) in [6, 6.07) is 22.8. The van der Waals surface area contributed by atoms with Crippen molar-refractivity contribution in [1.82, 2.24) is 0 Å². The standard InChI is InChI=1S/C29H23NO5/c1-16(2)17-12-14-19(15-13-17)30-27(33)22-23(28(30)34)29(35-24(22)18-8-4-3-5-9-18)25(31)20-10-6-7-11-21(20)26(29)32/h3-16,22-24H,1-2H3/t22-,23+,24-/m1/s1. The van der Waals surface area contributed by atoms with Crippen LogP contribution in [0.1, 0.15) is 57.7 Å². The third-order valence-corrected chi connectivity index (χ3v) is 7.47. The monoisotopic (exact) mass is 465 g/mol. The zero-order valence-corrected chi connectivity index (χ0v) is 19.3. The van der Waals surface area contributed by atoms with Gasteiger partial charge >= 0.3 is 0 Å². The molecule has 2 fully saturated rings. The lowest BCUT2D eigenvalue weighted by molar-refractivity contribution is -0.127. The van der Waals surface area contributed by atoms with Crippen LogP contribution in [0.4, 0.5) is 5.69 Å². The molecule has 6 heteroatoms. The number of nitrogens with zero attached hydrogens (tertiary/aromatic N) is 1. The number of carbonyl (C=O) groups excluding carboxylic acids is 4. The Kier molecular flexibility index (Phi) is 4.66. The first-order valence-electron chi connectivity index (χ1n) is 11.8. The molecule has 2 amide bonds. The van der Waals surface area contributed by atoms with Gasteiger partial charge in [0.05, 0.1) is 23.6 Å². The first-order valence-corrected chi connectivity index (χ1v) is 11.8. The van der Waals surface area contributed by atoms with Crippen LogP contribution in [0.25, 0.3) is 0 Å². The molecule has 1 aliphatic carbocycles. The number of hydrogen-bond acceptors (Lipinski definition) is 5. The molecular weight excluding hydrogens is 442 g/mol. The van der Waals surface area contributed by atoms with Crippen molar-refractivity contribution in [3.05, 3.63) is 101 Å². The highest BCUT2D eigenvalue weighted by Gasteiger charge is 2.74. The SMILES string of the molecule is CC(C)c1ccc(N2C(=O)[C@H]3[C@@H](c4ccccc4)OC4(C(=O)c5ccccc5C4=O)[C@@H]3C2=O)cc1. The highest BCUT2D eigenvalue weighted by molar-refractivity contribution is 6.37. The highest BCUT2D eigenvalue weighted by Crippen LogP contribution is 2.57. The van der Waals surface area contributed by atoms with Gasteiger partial charge in [-0.25, -0.2) is 4.90 Å². The van der Waals surface area contributed by atoms with Gasteiger partial charge < -0.3 is 4.74 Å². The average molecular weight is 466 g/mol. The predicted molar refractivity (Wildman–Crippen MR) is 128 cm³/mol. The van der Waals surface area contributed by atoms with Gasteiger partial charge in [-0.2, -0.15) is 0 Å². The van der Waals surface area contributed by atoms with Crippen LogP contribution in [0, 0.1) is 11.8 Å². The molecule has 1 spiro atoms. The number of anilines is 1. The summed E-state index contributed by atoms with van der Waals surface area (Å²) in [6.07, 6.45) is -0.903. The largest absolute Gasteiger partial charge is 0.349 e. The Bertz CT molecular complexity index is 1360. The number of Topliss-reactive ketones (excluding diaryl/α,β-unsaturated/α-hetero) is 2. The van der Waals surface area contributed by atoms with Crippen LogP contribution < -0.4 is 4.90 Å². The number of ether oxygens (including phenoxy) is 1. The zero-order valence-electron chi connectivity index (χ0n) is 19.3. The molecule has 0 saturated carbocycles. The second-order valence-corrected chi connectivity index (χ2v) is 9.65. The average Bonchev–Trinajstić information content (AvgIpc) is 3.44. The van der Waals surface area contributed by atoms with E-state index in [2.05, 4.69) is 13.8 Å². The molecule has 0 radical (unpaired) electrons. The van der Waals surface area contributed by atoms with Gasteiger partial charge in [-0.15, -0.1) is 0 Å². The number of ketones is 2. The minimum atomic E-state index is -2.05. The van der Waals surface area contributed by atoms with Crippen molar-refractivity contribution in [1.29, 1.82) is 0 Å². The Morgan fingerprint density at radius 1 is 0.743 bits per heavy atom. The van der Waals surface area contributed by atoms with Crippen molar-refractivity contribution in [2.24, 2.45) is 11.8 Å². The molecule has 0 unspecified atom stereocenters. The van der Waals surface area contributed by atoms with E-state index in [1.54, 1.807) is 60.7 Å². The maximum absolute atomic E-state index is 13.9. The van der Waals surface area contributed by atoms with Crippen molar-refractivity contribution in [2.75, 3.05) is 4.90 Å². The Balaban J connectivity index is 1.51. The quantitative estimate of drug-likeness (QED) is 0.420. The smallest absolute Gasteiger partial charge is 0.241 e. The first-order chi connectivity index (χ1) is 16.9. The maximum atomic E-state index is 13.9. The topological polar surface area (TPSA) is 80.8 Å². The molecule has 2 heterocycles. The first kappa shape index (κ1) is 21.6. The molecule has 0 bridgehead atoms. The van der Waals surface area contributed by atoms with Gasteiger partial charge in [0, 0.05) is 11.1 Å². The van der Waals surface area contributed by atoms with Crippen LogP contribution >= 0.6 is 0 Å². The molecule has 3 aliphatic rings. The molecule has 2 saturated heterocycles. The summed E-state index contributed by atoms with van der Waals surface area (Å²) in [5.74, 6) is -4.08. The summed E-state index contributed by atoms with van der Waals surface area (Å²) in [5.41, 5.74) is 0.556. The Morgan fingerprint density at radius 3 is 1.89 bits per heavy atom. The van der Waals surface area contributed by atoms with Gasteiger partial charge in [0.15, 0.2) is 0 Å². The molecule has 3 aromatic rings. The van der Waals surface area contributed by atoms with Crippen LogP contribution in [0.2, 0.25) is 0 Å². The summed E-state index contributed by atoms with van der Waals surface area (Å²) in [7, 11) is 0. The van der Waals surface area contributed by atoms with Crippen LogP contribution in [-0.4, -0.2) is 29.0 Å². The lowest BCUT2D eigenvalue weighted by atomic mass is 9.77. The summed E-state index contributed by atoms with van der Waals surface area (Å²) in [5, 5.41) is 0. The van der Waals surface area contributed by atoms with E-state index in [1.165, 1.54) is 0 Å². The molecule has 2 aliphatic heterocycles.